The zero-order chi connectivity index (χ0) is 9.84. The smallest absolute Gasteiger partial charge is 0.143 e. The van der Waals surface area contributed by atoms with E-state index in [1.165, 1.54) is 0 Å². The quantitative estimate of drug-likeness (QED) is 0.760. The summed E-state index contributed by atoms with van der Waals surface area (Å²) in [6.45, 7) is 1.64. The summed E-state index contributed by atoms with van der Waals surface area (Å²) in [5.74, 6) is 0. The second-order valence-corrected chi connectivity index (χ2v) is 3.17. The molecule has 0 heterocycles. The Morgan fingerprint density at radius 1 is 1.23 bits per heavy atom. The molecular weight excluding hydrogens is 164 g/mol. The molecule has 71 valence electrons. The van der Waals surface area contributed by atoms with Gasteiger partial charge in [0.05, 0.1) is 5.69 Å². The van der Waals surface area contributed by atoms with E-state index in [0.717, 1.165) is 11.4 Å². The minimum absolute atomic E-state index is 0.634. The number of anilines is 1. The molecule has 0 bridgehead atoms. The third kappa shape index (κ3) is 2.95. The molecule has 3 heteroatoms. The molecule has 0 aliphatic heterocycles. The van der Waals surface area contributed by atoms with E-state index in [-0.39, 0.29) is 0 Å². The van der Waals surface area contributed by atoms with Crippen molar-refractivity contribution in [2.75, 3.05) is 19.0 Å². The Hall–Kier alpha value is -1.22. The van der Waals surface area contributed by atoms with Gasteiger partial charge in [-0.15, -0.1) is 0 Å². The van der Waals surface area contributed by atoms with Crippen LogP contribution in [-0.2, 0) is 0 Å². The van der Waals surface area contributed by atoms with Crippen LogP contribution in [0.2, 0.25) is 0 Å². The van der Waals surface area contributed by atoms with Crippen molar-refractivity contribution in [2.24, 2.45) is 0 Å². The molecule has 1 unspecified atom stereocenters. The van der Waals surface area contributed by atoms with Crippen LogP contribution in [0, 0.1) is 0 Å². The van der Waals surface area contributed by atoms with Crippen molar-refractivity contribution < 1.29 is 5.11 Å². The van der Waals surface area contributed by atoms with Gasteiger partial charge in [-0.05, 0) is 31.2 Å². The van der Waals surface area contributed by atoms with E-state index < -0.39 is 6.23 Å². The van der Waals surface area contributed by atoms with Gasteiger partial charge in [0.1, 0.15) is 6.23 Å². The fourth-order valence-corrected chi connectivity index (χ4v) is 1.05. The fraction of sp³-hybridized carbons (Fsp3) is 0.400. The van der Waals surface area contributed by atoms with Crippen molar-refractivity contribution in [3.8, 4) is 0 Å². The van der Waals surface area contributed by atoms with Gasteiger partial charge in [-0.2, -0.15) is 0 Å². The van der Waals surface area contributed by atoms with E-state index in [2.05, 4.69) is 5.32 Å². The number of rotatable bonds is 3. The Balaban J connectivity index is 2.70. The maximum atomic E-state index is 9.01. The van der Waals surface area contributed by atoms with E-state index in [1.807, 2.05) is 43.3 Å². The second kappa shape index (κ2) is 4.14. The second-order valence-electron chi connectivity index (χ2n) is 3.17. The predicted molar refractivity (Wildman–Crippen MR) is 54.2 cm³/mol. The summed E-state index contributed by atoms with van der Waals surface area (Å²) in [7, 11) is 3.97. The Morgan fingerprint density at radius 2 is 1.77 bits per heavy atom. The standard InChI is InChI=1S/C10H15N2O/c1-8(13)11-9-4-6-10(7-5-9)12(2)3/h4-8,13H,1-3H3. The van der Waals surface area contributed by atoms with Crippen molar-refractivity contribution in [3.05, 3.63) is 24.3 Å². The van der Waals surface area contributed by atoms with Gasteiger partial charge in [0.15, 0.2) is 0 Å². The van der Waals surface area contributed by atoms with Gasteiger partial charge in [0, 0.05) is 19.8 Å². The van der Waals surface area contributed by atoms with Gasteiger partial charge in [0.25, 0.3) is 0 Å². The molecule has 0 saturated heterocycles. The van der Waals surface area contributed by atoms with E-state index in [1.54, 1.807) is 6.92 Å². The Labute approximate surface area is 79.0 Å². The summed E-state index contributed by atoms with van der Waals surface area (Å²) in [5.41, 5.74) is 1.94. The van der Waals surface area contributed by atoms with Crippen molar-refractivity contribution in [2.45, 2.75) is 13.2 Å². The maximum Gasteiger partial charge on any atom is 0.143 e. The molecular formula is C10H15N2O. The largest absolute Gasteiger partial charge is 0.378 e. The highest BCUT2D eigenvalue weighted by atomic mass is 16.3. The first-order valence-corrected chi connectivity index (χ1v) is 4.26. The number of benzene rings is 1. The van der Waals surface area contributed by atoms with Gasteiger partial charge >= 0.3 is 0 Å². The van der Waals surface area contributed by atoms with Crippen LogP contribution in [0.25, 0.3) is 0 Å². The summed E-state index contributed by atoms with van der Waals surface area (Å²) < 4.78 is 0. The molecule has 1 N–H and O–H groups in total. The number of nitrogens with zero attached hydrogens (tertiary/aromatic N) is 2. The Morgan fingerprint density at radius 3 is 2.15 bits per heavy atom. The highest BCUT2D eigenvalue weighted by Gasteiger charge is 1.99. The van der Waals surface area contributed by atoms with E-state index in [0.29, 0.717) is 0 Å². The molecule has 0 aliphatic carbocycles. The van der Waals surface area contributed by atoms with Crippen LogP contribution in [0.15, 0.2) is 24.3 Å². The lowest BCUT2D eigenvalue weighted by atomic mass is 10.2. The van der Waals surface area contributed by atoms with Crippen LogP contribution in [0.5, 0.6) is 0 Å². The average molecular weight is 179 g/mol. The van der Waals surface area contributed by atoms with Crippen LogP contribution in [-0.4, -0.2) is 25.4 Å². The fourth-order valence-electron chi connectivity index (χ4n) is 1.05. The molecule has 0 amide bonds. The van der Waals surface area contributed by atoms with E-state index in [4.69, 9.17) is 5.11 Å². The number of hydrogen-bond donors (Lipinski definition) is 1. The molecule has 3 nitrogen and oxygen atoms in total. The highest BCUT2D eigenvalue weighted by Crippen LogP contribution is 2.15. The molecule has 1 rings (SSSR count). The van der Waals surface area contributed by atoms with Crippen molar-refractivity contribution in [1.82, 2.24) is 5.32 Å². The lowest BCUT2D eigenvalue weighted by molar-refractivity contribution is 0.172. The summed E-state index contributed by atoms with van der Waals surface area (Å²) >= 11 is 0. The molecule has 1 atom stereocenters. The Kier molecular flexibility index (Phi) is 3.14. The summed E-state index contributed by atoms with van der Waals surface area (Å²) in [5, 5.41) is 13.0. The maximum absolute atomic E-state index is 9.01. The predicted octanol–water partition coefficient (Wildman–Crippen LogP) is 1.33. The molecule has 0 fully saturated rings. The minimum atomic E-state index is -0.634. The van der Waals surface area contributed by atoms with Gasteiger partial charge in [-0.25, -0.2) is 0 Å². The van der Waals surface area contributed by atoms with Crippen LogP contribution < -0.4 is 10.2 Å². The first kappa shape index (κ1) is 9.86. The van der Waals surface area contributed by atoms with Crippen LogP contribution in [0.3, 0.4) is 0 Å². The first-order valence-electron chi connectivity index (χ1n) is 4.26. The number of aliphatic hydroxyl groups excluding tert-OH is 1. The summed E-state index contributed by atoms with van der Waals surface area (Å²) in [6, 6.07) is 7.73. The van der Waals surface area contributed by atoms with Crippen molar-refractivity contribution >= 4 is 11.4 Å². The molecule has 1 aromatic rings. The van der Waals surface area contributed by atoms with Crippen molar-refractivity contribution in [3.63, 3.8) is 0 Å². The SMILES string of the molecule is CC(O)[N]c1ccc(N(C)C)cc1. The number of hydrogen-bond acceptors (Lipinski definition) is 2. The molecule has 0 spiro atoms. The molecule has 0 saturated carbocycles. The third-order valence-electron chi connectivity index (χ3n) is 1.70. The van der Waals surface area contributed by atoms with Crippen LogP contribution in [0.4, 0.5) is 11.4 Å². The molecule has 1 aromatic carbocycles. The number of aliphatic hydroxyl groups is 1. The van der Waals surface area contributed by atoms with Gasteiger partial charge in [-0.3, -0.25) is 5.32 Å². The van der Waals surface area contributed by atoms with Gasteiger partial charge in [-0.1, -0.05) is 0 Å². The third-order valence-corrected chi connectivity index (χ3v) is 1.70. The van der Waals surface area contributed by atoms with Crippen molar-refractivity contribution in [1.29, 1.82) is 0 Å². The molecule has 1 radical (unpaired) electrons. The zero-order valence-corrected chi connectivity index (χ0v) is 8.23. The first-order chi connectivity index (χ1) is 6.09. The Bertz CT molecular complexity index is 254. The van der Waals surface area contributed by atoms with Crippen LogP contribution >= 0.6 is 0 Å². The average Bonchev–Trinajstić information content (AvgIpc) is 2.04. The lowest BCUT2D eigenvalue weighted by Gasteiger charge is -2.13. The molecule has 0 aromatic heterocycles. The topological polar surface area (TPSA) is 37.6 Å². The minimum Gasteiger partial charge on any atom is -0.378 e. The van der Waals surface area contributed by atoms with Gasteiger partial charge < -0.3 is 10.0 Å². The zero-order valence-electron chi connectivity index (χ0n) is 8.23. The molecule has 13 heavy (non-hydrogen) atoms. The van der Waals surface area contributed by atoms with Crippen LogP contribution in [0.1, 0.15) is 6.92 Å². The lowest BCUT2D eigenvalue weighted by Crippen LogP contribution is -2.12. The molecule has 0 aliphatic rings. The summed E-state index contributed by atoms with van der Waals surface area (Å²) in [4.78, 5) is 2.02. The van der Waals surface area contributed by atoms with Gasteiger partial charge in [0.2, 0.25) is 0 Å². The normalized spacial score (nSPS) is 12.3. The van der Waals surface area contributed by atoms with E-state index in [9.17, 15) is 0 Å². The highest BCUT2D eigenvalue weighted by molar-refractivity contribution is 5.51. The van der Waals surface area contributed by atoms with E-state index >= 15 is 0 Å². The monoisotopic (exact) mass is 179 g/mol. The summed E-state index contributed by atoms with van der Waals surface area (Å²) in [6.07, 6.45) is -0.634.